The Morgan fingerprint density at radius 1 is 1.42 bits per heavy atom. The van der Waals surface area contributed by atoms with Gasteiger partial charge in [0.15, 0.2) is 0 Å². The number of carbonyl (C=O) groups is 1. The zero-order valence-corrected chi connectivity index (χ0v) is 11.9. The molecule has 2 aliphatic rings. The van der Waals surface area contributed by atoms with E-state index >= 15 is 0 Å². The number of rotatable bonds is 3. The van der Waals surface area contributed by atoms with Gasteiger partial charge in [-0.25, -0.2) is 0 Å². The molecule has 102 valence electrons. The lowest BCUT2D eigenvalue weighted by Gasteiger charge is -2.24. The van der Waals surface area contributed by atoms with Crippen LogP contribution in [0.25, 0.3) is 0 Å². The molecule has 1 aromatic rings. The fraction of sp³-hybridized carbons (Fsp3) is 0.562. The van der Waals surface area contributed by atoms with Crippen molar-refractivity contribution in [3.05, 3.63) is 35.4 Å². The molecule has 3 nitrogen and oxygen atoms in total. The van der Waals surface area contributed by atoms with Gasteiger partial charge in [-0.1, -0.05) is 36.8 Å². The van der Waals surface area contributed by atoms with Gasteiger partial charge in [-0.05, 0) is 38.7 Å². The Labute approximate surface area is 115 Å². The first-order chi connectivity index (χ1) is 9.05. The Morgan fingerprint density at radius 2 is 2.16 bits per heavy atom. The minimum absolute atomic E-state index is 0.0462. The first kappa shape index (κ1) is 12.7. The van der Waals surface area contributed by atoms with Crippen LogP contribution in [0.4, 0.5) is 0 Å². The van der Waals surface area contributed by atoms with Crippen LogP contribution >= 0.6 is 0 Å². The summed E-state index contributed by atoms with van der Waals surface area (Å²) in [7, 11) is 0. The summed E-state index contributed by atoms with van der Waals surface area (Å²) in [4.78, 5) is 14.8. The molecule has 0 bridgehead atoms. The quantitative estimate of drug-likeness (QED) is 0.904. The second-order valence-electron chi connectivity index (χ2n) is 6.09. The van der Waals surface area contributed by atoms with Crippen LogP contribution < -0.4 is 5.32 Å². The highest BCUT2D eigenvalue weighted by atomic mass is 16.2. The molecule has 1 saturated carbocycles. The van der Waals surface area contributed by atoms with Crippen molar-refractivity contribution in [3.8, 4) is 0 Å². The Hall–Kier alpha value is -1.35. The standard InChI is InChI=1S/C16H22N2O/c1-4-16(3)15(19)18(13-8-9-13)14(17-16)12-7-5-6-11(2)10-12/h5-7,10,13-14,17H,4,8-9H2,1-3H3. The Balaban J connectivity index is 1.97. The highest BCUT2D eigenvalue weighted by Gasteiger charge is 2.51. The summed E-state index contributed by atoms with van der Waals surface area (Å²) in [6, 6.07) is 8.92. The Kier molecular flexibility index (Phi) is 2.90. The summed E-state index contributed by atoms with van der Waals surface area (Å²) in [5.74, 6) is 0.268. The Morgan fingerprint density at radius 3 is 2.74 bits per heavy atom. The molecule has 19 heavy (non-hydrogen) atoms. The zero-order chi connectivity index (χ0) is 13.6. The van der Waals surface area contributed by atoms with Gasteiger partial charge in [0, 0.05) is 6.04 Å². The molecule has 1 saturated heterocycles. The minimum Gasteiger partial charge on any atom is -0.318 e. The number of carbonyl (C=O) groups excluding carboxylic acids is 1. The van der Waals surface area contributed by atoms with Crippen LogP contribution in [0.2, 0.25) is 0 Å². The summed E-state index contributed by atoms with van der Waals surface area (Å²) in [6.07, 6.45) is 3.17. The van der Waals surface area contributed by atoms with E-state index in [0.717, 1.165) is 19.3 Å². The SMILES string of the molecule is CCC1(C)NC(c2cccc(C)c2)N(C2CC2)C1=O. The first-order valence-electron chi connectivity index (χ1n) is 7.22. The van der Waals surface area contributed by atoms with Crippen molar-refractivity contribution in [2.24, 2.45) is 0 Å². The van der Waals surface area contributed by atoms with E-state index in [4.69, 9.17) is 0 Å². The zero-order valence-electron chi connectivity index (χ0n) is 11.9. The summed E-state index contributed by atoms with van der Waals surface area (Å²) < 4.78 is 0. The molecular formula is C16H22N2O. The number of nitrogens with zero attached hydrogens (tertiary/aromatic N) is 1. The molecule has 1 heterocycles. The third-order valence-electron chi connectivity index (χ3n) is 4.45. The molecule has 2 fully saturated rings. The van der Waals surface area contributed by atoms with E-state index in [2.05, 4.69) is 48.3 Å². The lowest BCUT2D eigenvalue weighted by Crippen LogP contribution is -2.43. The van der Waals surface area contributed by atoms with E-state index in [1.165, 1.54) is 11.1 Å². The number of benzene rings is 1. The lowest BCUT2D eigenvalue weighted by atomic mass is 9.99. The summed E-state index contributed by atoms with van der Waals surface area (Å²) >= 11 is 0. The highest BCUT2D eigenvalue weighted by molar-refractivity contribution is 5.89. The maximum absolute atomic E-state index is 12.7. The summed E-state index contributed by atoms with van der Waals surface area (Å²) in [5.41, 5.74) is 2.04. The molecular weight excluding hydrogens is 236 g/mol. The van der Waals surface area contributed by atoms with Crippen LogP contribution in [-0.4, -0.2) is 22.4 Å². The van der Waals surface area contributed by atoms with Crippen LogP contribution in [0.1, 0.15) is 50.4 Å². The largest absolute Gasteiger partial charge is 0.318 e. The van der Waals surface area contributed by atoms with E-state index < -0.39 is 5.54 Å². The maximum Gasteiger partial charge on any atom is 0.244 e. The van der Waals surface area contributed by atoms with E-state index in [-0.39, 0.29) is 12.1 Å². The second-order valence-corrected chi connectivity index (χ2v) is 6.09. The predicted octanol–water partition coefficient (Wildman–Crippen LogP) is 2.76. The van der Waals surface area contributed by atoms with Gasteiger partial charge in [0.2, 0.25) is 5.91 Å². The van der Waals surface area contributed by atoms with Crippen LogP contribution in [-0.2, 0) is 4.79 Å². The number of aryl methyl sites for hydroxylation is 1. The van der Waals surface area contributed by atoms with Crippen molar-refractivity contribution in [1.82, 2.24) is 10.2 Å². The fourth-order valence-electron chi connectivity index (χ4n) is 2.90. The highest BCUT2D eigenvalue weighted by Crippen LogP contribution is 2.41. The topological polar surface area (TPSA) is 32.3 Å². The number of hydrogen-bond acceptors (Lipinski definition) is 2. The van der Waals surface area contributed by atoms with E-state index in [1.807, 2.05) is 6.92 Å². The predicted molar refractivity (Wildman–Crippen MR) is 75.6 cm³/mol. The average molecular weight is 258 g/mol. The number of amides is 1. The summed E-state index contributed by atoms with van der Waals surface area (Å²) in [6.45, 7) is 6.20. The van der Waals surface area contributed by atoms with Gasteiger partial charge in [0.1, 0.15) is 6.17 Å². The molecule has 1 aliphatic heterocycles. The van der Waals surface area contributed by atoms with Gasteiger partial charge in [0.25, 0.3) is 0 Å². The molecule has 1 N–H and O–H groups in total. The van der Waals surface area contributed by atoms with Crippen LogP contribution in [0.3, 0.4) is 0 Å². The van der Waals surface area contributed by atoms with Gasteiger partial charge < -0.3 is 4.90 Å². The molecule has 3 rings (SSSR count). The molecule has 1 aromatic carbocycles. The van der Waals surface area contributed by atoms with Crippen LogP contribution in [0.5, 0.6) is 0 Å². The molecule has 1 aliphatic carbocycles. The molecule has 0 spiro atoms. The minimum atomic E-state index is -0.406. The molecule has 3 heteroatoms. The first-order valence-corrected chi connectivity index (χ1v) is 7.22. The smallest absolute Gasteiger partial charge is 0.244 e. The molecule has 2 unspecified atom stereocenters. The van der Waals surface area contributed by atoms with Crippen molar-refractivity contribution in [1.29, 1.82) is 0 Å². The average Bonchev–Trinajstić information content (AvgIpc) is 3.18. The molecule has 1 amide bonds. The van der Waals surface area contributed by atoms with Gasteiger partial charge >= 0.3 is 0 Å². The van der Waals surface area contributed by atoms with E-state index in [1.54, 1.807) is 0 Å². The monoisotopic (exact) mass is 258 g/mol. The number of hydrogen-bond donors (Lipinski definition) is 1. The van der Waals surface area contributed by atoms with Gasteiger partial charge in [0.05, 0.1) is 5.54 Å². The van der Waals surface area contributed by atoms with E-state index in [0.29, 0.717) is 6.04 Å². The third kappa shape index (κ3) is 2.06. The van der Waals surface area contributed by atoms with Gasteiger partial charge in [-0.3, -0.25) is 10.1 Å². The molecule has 0 radical (unpaired) electrons. The van der Waals surface area contributed by atoms with Crippen molar-refractivity contribution in [2.75, 3.05) is 0 Å². The van der Waals surface area contributed by atoms with Crippen molar-refractivity contribution in [2.45, 2.75) is 57.8 Å². The Bertz CT molecular complexity index is 509. The van der Waals surface area contributed by atoms with Crippen molar-refractivity contribution < 1.29 is 4.79 Å². The third-order valence-corrected chi connectivity index (χ3v) is 4.45. The molecule has 0 aromatic heterocycles. The van der Waals surface area contributed by atoms with Gasteiger partial charge in [-0.2, -0.15) is 0 Å². The second kappa shape index (κ2) is 4.34. The normalized spacial score (nSPS) is 31.0. The molecule has 2 atom stereocenters. The van der Waals surface area contributed by atoms with Crippen LogP contribution in [0, 0.1) is 6.92 Å². The van der Waals surface area contributed by atoms with Gasteiger partial charge in [-0.15, -0.1) is 0 Å². The summed E-state index contributed by atoms with van der Waals surface area (Å²) in [5, 5.41) is 3.56. The van der Waals surface area contributed by atoms with Crippen molar-refractivity contribution >= 4 is 5.91 Å². The fourth-order valence-corrected chi connectivity index (χ4v) is 2.90. The van der Waals surface area contributed by atoms with Crippen LogP contribution in [0.15, 0.2) is 24.3 Å². The van der Waals surface area contributed by atoms with Crippen molar-refractivity contribution in [3.63, 3.8) is 0 Å². The maximum atomic E-state index is 12.7. The van der Waals surface area contributed by atoms with E-state index in [9.17, 15) is 4.79 Å². The number of nitrogens with one attached hydrogen (secondary N) is 1. The lowest BCUT2D eigenvalue weighted by molar-refractivity contribution is -0.133.